The van der Waals surface area contributed by atoms with Crippen molar-refractivity contribution in [3.05, 3.63) is 35.9 Å². The van der Waals surface area contributed by atoms with Gasteiger partial charge in [-0.25, -0.2) is 4.79 Å². The van der Waals surface area contributed by atoms with Crippen molar-refractivity contribution < 1.29 is 19.5 Å². The molecule has 0 radical (unpaired) electrons. The van der Waals surface area contributed by atoms with E-state index in [1.807, 2.05) is 18.2 Å². The Morgan fingerprint density at radius 1 is 1.35 bits per heavy atom. The van der Waals surface area contributed by atoms with Crippen molar-refractivity contribution in [3.8, 4) is 0 Å². The number of benzene rings is 1. The first kappa shape index (κ1) is 14.0. The summed E-state index contributed by atoms with van der Waals surface area (Å²) in [7, 11) is 0. The van der Waals surface area contributed by atoms with Crippen LogP contribution >= 0.6 is 0 Å². The summed E-state index contributed by atoms with van der Waals surface area (Å²) in [6.07, 6.45) is 0.916. The standard InChI is InChI=1S/C14H16N2O4/c17-12-7-6-10(15-12)13(18)16-11(14(19)20)8-9-4-2-1-3-5-9/h1-5,10-11H,6-8H2,(H,15,17)(H,16,18)(H,19,20)/t10?,11-/m1/s1. The molecule has 1 aliphatic heterocycles. The normalized spacial score (nSPS) is 19.2. The Morgan fingerprint density at radius 2 is 2.05 bits per heavy atom. The van der Waals surface area contributed by atoms with Crippen molar-refractivity contribution in [3.63, 3.8) is 0 Å². The summed E-state index contributed by atoms with van der Waals surface area (Å²) in [5, 5.41) is 14.2. The maximum absolute atomic E-state index is 11.9. The molecule has 0 saturated carbocycles. The van der Waals surface area contributed by atoms with Crippen LogP contribution < -0.4 is 10.6 Å². The van der Waals surface area contributed by atoms with Crippen molar-refractivity contribution in [2.24, 2.45) is 0 Å². The van der Waals surface area contributed by atoms with Gasteiger partial charge in [-0.2, -0.15) is 0 Å². The predicted octanol–water partition coefficient (Wildman–Crippen LogP) is 0.0771. The minimum absolute atomic E-state index is 0.180. The third-order valence-corrected chi connectivity index (χ3v) is 3.21. The van der Waals surface area contributed by atoms with Crippen LogP contribution in [-0.4, -0.2) is 35.0 Å². The van der Waals surface area contributed by atoms with E-state index in [0.717, 1.165) is 5.56 Å². The molecule has 1 fully saturated rings. The quantitative estimate of drug-likeness (QED) is 0.709. The molecule has 1 aromatic carbocycles. The first-order valence-electron chi connectivity index (χ1n) is 6.42. The molecule has 1 heterocycles. The zero-order valence-corrected chi connectivity index (χ0v) is 10.8. The topological polar surface area (TPSA) is 95.5 Å². The summed E-state index contributed by atoms with van der Waals surface area (Å²) in [5.74, 6) is -1.72. The molecule has 1 unspecified atom stereocenters. The van der Waals surface area contributed by atoms with E-state index >= 15 is 0 Å². The lowest BCUT2D eigenvalue weighted by atomic mass is 10.1. The van der Waals surface area contributed by atoms with Gasteiger partial charge in [0.1, 0.15) is 12.1 Å². The number of carboxylic acids is 1. The van der Waals surface area contributed by atoms with Crippen LogP contribution in [0.3, 0.4) is 0 Å². The second-order valence-corrected chi connectivity index (χ2v) is 4.75. The Morgan fingerprint density at radius 3 is 2.60 bits per heavy atom. The highest BCUT2D eigenvalue weighted by Gasteiger charge is 2.30. The van der Waals surface area contributed by atoms with Crippen LogP contribution in [0.1, 0.15) is 18.4 Å². The van der Waals surface area contributed by atoms with Gasteiger partial charge >= 0.3 is 5.97 Å². The van der Waals surface area contributed by atoms with Gasteiger partial charge in [0.15, 0.2) is 0 Å². The molecule has 1 aliphatic rings. The van der Waals surface area contributed by atoms with E-state index in [-0.39, 0.29) is 12.3 Å². The first-order valence-corrected chi connectivity index (χ1v) is 6.42. The average Bonchev–Trinajstić information content (AvgIpc) is 2.86. The summed E-state index contributed by atoms with van der Waals surface area (Å²) in [6.45, 7) is 0. The van der Waals surface area contributed by atoms with E-state index in [1.165, 1.54) is 0 Å². The van der Waals surface area contributed by atoms with Crippen LogP contribution in [0.25, 0.3) is 0 Å². The van der Waals surface area contributed by atoms with Crippen LogP contribution in [0.5, 0.6) is 0 Å². The number of hydrogen-bond acceptors (Lipinski definition) is 3. The Kier molecular flexibility index (Phi) is 4.34. The monoisotopic (exact) mass is 276 g/mol. The molecular weight excluding hydrogens is 260 g/mol. The lowest BCUT2D eigenvalue weighted by Crippen LogP contribution is -2.49. The summed E-state index contributed by atoms with van der Waals surface area (Å²) in [6, 6.07) is 7.45. The molecule has 0 spiro atoms. The van der Waals surface area contributed by atoms with E-state index in [9.17, 15) is 19.5 Å². The maximum atomic E-state index is 11.9. The molecule has 0 aliphatic carbocycles. The van der Waals surface area contributed by atoms with Crippen LogP contribution in [0.2, 0.25) is 0 Å². The number of carboxylic acid groups (broad SMARTS) is 1. The summed E-state index contributed by atoms with van der Waals surface area (Å²) < 4.78 is 0. The summed E-state index contributed by atoms with van der Waals surface area (Å²) in [4.78, 5) is 34.2. The molecule has 0 bridgehead atoms. The Labute approximate surface area is 116 Å². The number of carbonyl (C=O) groups is 3. The van der Waals surface area contributed by atoms with E-state index in [4.69, 9.17) is 0 Å². The molecule has 2 rings (SSSR count). The molecule has 0 aromatic heterocycles. The van der Waals surface area contributed by atoms with Gasteiger partial charge in [-0.05, 0) is 12.0 Å². The fourth-order valence-electron chi connectivity index (χ4n) is 2.13. The number of amides is 2. The summed E-state index contributed by atoms with van der Waals surface area (Å²) in [5.41, 5.74) is 0.829. The fourth-order valence-corrected chi connectivity index (χ4v) is 2.13. The van der Waals surface area contributed by atoms with Gasteiger partial charge in [-0.3, -0.25) is 9.59 Å². The molecular formula is C14H16N2O4. The highest BCUT2D eigenvalue weighted by molar-refractivity contribution is 5.92. The van der Waals surface area contributed by atoms with Gasteiger partial charge in [-0.1, -0.05) is 30.3 Å². The first-order chi connectivity index (χ1) is 9.56. The molecule has 1 saturated heterocycles. The Bertz CT molecular complexity index is 515. The van der Waals surface area contributed by atoms with E-state index in [1.54, 1.807) is 12.1 Å². The smallest absolute Gasteiger partial charge is 0.326 e. The van der Waals surface area contributed by atoms with E-state index in [0.29, 0.717) is 12.8 Å². The molecule has 20 heavy (non-hydrogen) atoms. The Hall–Kier alpha value is -2.37. The highest BCUT2D eigenvalue weighted by Crippen LogP contribution is 2.08. The minimum Gasteiger partial charge on any atom is -0.480 e. The number of rotatable bonds is 5. The SMILES string of the molecule is O=C1CCC(C(=O)N[C@H](Cc2ccccc2)C(=O)O)N1. The van der Waals surface area contributed by atoms with Gasteiger partial charge in [-0.15, -0.1) is 0 Å². The molecule has 6 heteroatoms. The molecule has 3 N–H and O–H groups in total. The van der Waals surface area contributed by atoms with Crippen LogP contribution in [-0.2, 0) is 20.8 Å². The van der Waals surface area contributed by atoms with Crippen LogP contribution in [0, 0.1) is 0 Å². The van der Waals surface area contributed by atoms with Crippen molar-refractivity contribution in [2.45, 2.75) is 31.3 Å². The lowest BCUT2D eigenvalue weighted by Gasteiger charge is -2.17. The molecule has 2 amide bonds. The zero-order chi connectivity index (χ0) is 14.5. The van der Waals surface area contributed by atoms with Gasteiger partial charge in [0.2, 0.25) is 11.8 Å². The van der Waals surface area contributed by atoms with Crippen molar-refractivity contribution in [1.29, 1.82) is 0 Å². The summed E-state index contributed by atoms with van der Waals surface area (Å²) >= 11 is 0. The third kappa shape index (κ3) is 3.57. The van der Waals surface area contributed by atoms with Gasteiger partial charge in [0.25, 0.3) is 0 Å². The second kappa shape index (κ2) is 6.18. The predicted molar refractivity (Wildman–Crippen MR) is 70.9 cm³/mol. The third-order valence-electron chi connectivity index (χ3n) is 3.21. The highest BCUT2D eigenvalue weighted by atomic mass is 16.4. The molecule has 2 atom stereocenters. The van der Waals surface area contributed by atoms with Gasteiger partial charge < -0.3 is 15.7 Å². The maximum Gasteiger partial charge on any atom is 0.326 e. The fraction of sp³-hybridized carbons (Fsp3) is 0.357. The largest absolute Gasteiger partial charge is 0.480 e. The Balaban J connectivity index is 1.97. The number of hydrogen-bond donors (Lipinski definition) is 3. The van der Waals surface area contributed by atoms with Crippen LogP contribution in [0.4, 0.5) is 0 Å². The molecule has 6 nitrogen and oxygen atoms in total. The lowest BCUT2D eigenvalue weighted by molar-refractivity contribution is -0.142. The van der Waals surface area contributed by atoms with Crippen molar-refractivity contribution >= 4 is 17.8 Å². The number of nitrogens with one attached hydrogen (secondary N) is 2. The van der Waals surface area contributed by atoms with Gasteiger partial charge in [0, 0.05) is 12.8 Å². The van der Waals surface area contributed by atoms with Crippen molar-refractivity contribution in [1.82, 2.24) is 10.6 Å². The number of carbonyl (C=O) groups excluding carboxylic acids is 2. The van der Waals surface area contributed by atoms with E-state index in [2.05, 4.69) is 10.6 Å². The second-order valence-electron chi connectivity index (χ2n) is 4.75. The molecule has 1 aromatic rings. The van der Waals surface area contributed by atoms with Crippen molar-refractivity contribution in [2.75, 3.05) is 0 Å². The number of aliphatic carboxylic acids is 1. The zero-order valence-electron chi connectivity index (χ0n) is 10.8. The average molecular weight is 276 g/mol. The minimum atomic E-state index is -1.09. The van der Waals surface area contributed by atoms with Gasteiger partial charge in [0.05, 0.1) is 0 Å². The van der Waals surface area contributed by atoms with Crippen LogP contribution in [0.15, 0.2) is 30.3 Å². The van der Waals surface area contributed by atoms with E-state index < -0.39 is 24.0 Å². The molecule has 106 valence electrons.